The number of fused-ring (bicyclic) bond motifs is 6. The van der Waals surface area contributed by atoms with Crippen LogP contribution in [0.15, 0.2) is 120 Å². The van der Waals surface area contributed by atoms with Crippen molar-refractivity contribution in [3.8, 4) is 22.8 Å². The van der Waals surface area contributed by atoms with Gasteiger partial charge in [0, 0.05) is 27.4 Å². The third kappa shape index (κ3) is 3.15. The first kappa shape index (κ1) is 21.9. The smallest absolute Gasteiger partial charge is 0.227 e. The summed E-state index contributed by atoms with van der Waals surface area (Å²) < 4.78 is 10.9. The van der Waals surface area contributed by atoms with Gasteiger partial charge in [0.25, 0.3) is 0 Å². The van der Waals surface area contributed by atoms with Crippen molar-refractivity contribution in [2.75, 3.05) is 0 Å². The highest BCUT2D eigenvalue weighted by Crippen LogP contribution is 2.41. The molecule has 0 saturated carbocycles. The first-order valence-electron chi connectivity index (χ1n) is 13.2. The maximum Gasteiger partial charge on any atom is 0.227 e. The van der Waals surface area contributed by atoms with Gasteiger partial charge in [-0.1, -0.05) is 66.7 Å². The van der Waals surface area contributed by atoms with E-state index in [4.69, 9.17) is 9.40 Å². The number of rotatable bonds is 3. The standard InChI is InChI=1S/C35H25N3O/c1-22-10-9-11-23(2)33(22)38-30-16-7-4-13-27(30)32-26-12-3-6-15-29(26)37(35(32)38)25-20-18-24(19-21-25)34-36-28-14-5-8-17-31(28)39-34/h3-21H,1-2H3. The molecule has 0 atom stereocenters. The highest BCUT2D eigenvalue weighted by atomic mass is 16.3. The van der Waals surface area contributed by atoms with Gasteiger partial charge in [-0.2, -0.15) is 0 Å². The Morgan fingerprint density at radius 3 is 1.90 bits per heavy atom. The molecule has 0 aliphatic rings. The molecular weight excluding hydrogens is 478 g/mol. The molecule has 8 rings (SSSR count). The van der Waals surface area contributed by atoms with Gasteiger partial charge >= 0.3 is 0 Å². The minimum Gasteiger partial charge on any atom is -0.436 e. The lowest BCUT2D eigenvalue weighted by molar-refractivity contribution is 0.620. The van der Waals surface area contributed by atoms with E-state index in [-0.39, 0.29) is 0 Å². The van der Waals surface area contributed by atoms with E-state index in [0.717, 1.165) is 22.4 Å². The van der Waals surface area contributed by atoms with Crippen molar-refractivity contribution in [1.29, 1.82) is 0 Å². The Labute approximate surface area is 225 Å². The van der Waals surface area contributed by atoms with Gasteiger partial charge in [-0.05, 0) is 73.5 Å². The van der Waals surface area contributed by atoms with E-state index in [9.17, 15) is 0 Å². The monoisotopic (exact) mass is 503 g/mol. The van der Waals surface area contributed by atoms with Crippen LogP contribution in [0, 0.1) is 13.8 Å². The van der Waals surface area contributed by atoms with E-state index in [1.54, 1.807) is 0 Å². The molecular formula is C35H25N3O. The molecule has 0 unspecified atom stereocenters. The fraction of sp³-hybridized carbons (Fsp3) is 0.0571. The summed E-state index contributed by atoms with van der Waals surface area (Å²) in [5.41, 5.74) is 11.0. The summed E-state index contributed by atoms with van der Waals surface area (Å²) >= 11 is 0. The Balaban J connectivity index is 1.44. The summed E-state index contributed by atoms with van der Waals surface area (Å²) in [5, 5.41) is 3.77. The van der Waals surface area contributed by atoms with E-state index in [1.165, 1.54) is 49.7 Å². The molecule has 0 aliphatic heterocycles. The number of para-hydroxylation sites is 5. The molecule has 4 heteroatoms. The molecule has 4 nitrogen and oxygen atoms in total. The lowest BCUT2D eigenvalue weighted by atomic mass is 10.1. The largest absolute Gasteiger partial charge is 0.436 e. The quantitative estimate of drug-likeness (QED) is 0.241. The zero-order valence-corrected chi connectivity index (χ0v) is 21.7. The van der Waals surface area contributed by atoms with Crippen molar-refractivity contribution in [3.63, 3.8) is 0 Å². The Hall–Kier alpha value is -5.09. The van der Waals surface area contributed by atoms with Crippen molar-refractivity contribution in [1.82, 2.24) is 14.1 Å². The maximum absolute atomic E-state index is 6.05. The van der Waals surface area contributed by atoms with Crippen LogP contribution in [-0.4, -0.2) is 14.1 Å². The molecule has 0 spiro atoms. The van der Waals surface area contributed by atoms with Crippen LogP contribution in [0.25, 0.3) is 66.8 Å². The van der Waals surface area contributed by atoms with Crippen LogP contribution in [0.3, 0.4) is 0 Å². The van der Waals surface area contributed by atoms with Gasteiger partial charge in [0.15, 0.2) is 5.58 Å². The highest BCUT2D eigenvalue weighted by molar-refractivity contribution is 6.22. The molecule has 0 radical (unpaired) electrons. The number of nitrogens with zero attached hydrogens (tertiary/aromatic N) is 3. The van der Waals surface area contributed by atoms with Crippen LogP contribution in [0.4, 0.5) is 0 Å². The van der Waals surface area contributed by atoms with E-state index in [1.807, 2.05) is 24.3 Å². The molecule has 0 aliphatic carbocycles. The van der Waals surface area contributed by atoms with Gasteiger partial charge in [-0.15, -0.1) is 0 Å². The Morgan fingerprint density at radius 2 is 1.21 bits per heavy atom. The first-order chi connectivity index (χ1) is 19.2. The number of benzene rings is 5. The summed E-state index contributed by atoms with van der Waals surface area (Å²) in [6, 6.07) is 40.4. The van der Waals surface area contributed by atoms with Crippen LogP contribution in [0.5, 0.6) is 0 Å². The highest BCUT2D eigenvalue weighted by Gasteiger charge is 2.23. The first-order valence-corrected chi connectivity index (χ1v) is 13.2. The minimum atomic E-state index is 0.634. The van der Waals surface area contributed by atoms with Gasteiger partial charge in [-0.3, -0.25) is 9.13 Å². The SMILES string of the molecule is Cc1cccc(C)c1-n1c2ccccc2c2c3ccccc3n(-c3ccc(-c4nc5ccccc5o4)cc3)c21. The van der Waals surface area contributed by atoms with E-state index in [2.05, 4.69) is 114 Å². The molecule has 0 amide bonds. The Kier molecular flexibility index (Phi) is 4.62. The van der Waals surface area contributed by atoms with Crippen molar-refractivity contribution >= 4 is 43.9 Å². The van der Waals surface area contributed by atoms with Gasteiger partial charge in [0.2, 0.25) is 5.89 Å². The van der Waals surface area contributed by atoms with Crippen LogP contribution in [0.1, 0.15) is 11.1 Å². The number of aromatic nitrogens is 3. The van der Waals surface area contributed by atoms with Gasteiger partial charge < -0.3 is 4.42 Å². The van der Waals surface area contributed by atoms with E-state index in [0.29, 0.717) is 5.89 Å². The summed E-state index contributed by atoms with van der Waals surface area (Å²) in [7, 11) is 0. The van der Waals surface area contributed by atoms with Crippen molar-refractivity contribution in [3.05, 3.63) is 126 Å². The van der Waals surface area contributed by atoms with Crippen LogP contribution in [0.2, 0.25) is 0 Å². The fourth-order valence-electron chi connectivity index (χ4n) is 6.09. The second kappa shape index (κ2) is 8.20. The second-order valence-corrected chi connectivity index (χ2v) is 10.2. The molecule has 0 saturated heterocycles. The van der Waals surface area contributed by atoms with Gasteiger partial charge in [0.05, 0.1) is 16.7 Å². The molecule has 3 aromatic heterocycles. The summed E-state index contributed by atoms with van der Waals surface area (Å²) in [5.74, 6) is 0.634. The summed E-state index contributed by atoms with van der Waals surface area (Å²) in [6.07, 6.45) is 0. The zero-order valence-electron chi connectivity index (χ0n) is 21.7. The number of oxazole rings is 1. The fourth-order valence-corrected chi connectivity index (χ4v) is 6.09. The number of hydrogen-bond acceptors (Lipinski definition) is 2. The van der Waals surface area contributed by atoms with Crippen LogP contribution in [-0.2, 0) is 0 Å². The molecule has 8 aromatic rings. The van der Waals surface area contributed by atoms with E-state index >= 15 is 0 Å². The molecule has 0 bridgehead atoms. The van der Waals surface area contributed by atoms with Gasteiger partial charge in [0.1, 0.15) is 11.2 Å². The van der Waals surface area contributed by atoms with Crippen molar-refractivity contribution in [2.24, 2.45) is 0 Å². The topological polar surface area (TPSA) is 35.9 Å². The molecule has 0 fully saturated rings. The van der Waals surface area contributed by atoms with Crippen LogP contribution >= 0.6 is 0 Å². The summed E-state index contributed by atoms with van der Waals surface area (Å²) in [4.78, 5) is 4.70. The lowest BCUT2D eigenvalue weighted by Crippen LogP contribution is -2.04. The minimum absolute atomic E-state index is 0.634. The van der Waals surface area contributed by atoms with Crippen molar-refractivity contribution < 1.29 is 4.42 Å². The Morgan fingerprint density at radius 1 is 0.590 bits per heavy atom. The Bertz CT molecular complexity index is 2140. The third-order valence-corrected chi connectivity index (χ3v) is 7.81. The average molecular weight is 504 g/mol. The second-order valence-electron chi connectivity index (χ2n) is 10.2. The van der Waals surface area contributed by atoms with Crippen molar-refractivity contribution in [2.45, 2.75) is 13.8 Å². The van der Waals surface area contributed by atoms with E-state index < -0.39 is 0 Å². The maximum atomic E-state index is 6.05. The molecule has 0 N–H and O–H groups in total. The molecule has 186 valence electrons. The predicted molar refractivity (Wildman–Crippen MR) is 160 cm³/mol. The molecule has 39 heavy (non-hydrogen) atoms. The lowest BCUT2D eigenvalue weighted by Gasteiger charge is -2.16. The van der Waals surface area contributed by atoms with Crippen LogP contribution < -0.4 is 0 Å². The normalized spacial score (nSPS) is 11.8. The molecule has 3 heterocycles. The third-order valence-electron chi connectivity index (χ3n) is 7.81. The zero-order chi connectivity index (χ0) is 26.1. The average Bonchev–Trinajstić information content (AvgIpc) is 3.64. The number of hydrogen-bond donors (Lipinski definition) is 0. The number of aryl methyl sites for hydroxylation is 2. The van der Waals surface area contributed by atoms with Gasteiger partial charge in [-0.25, -0.2) is 4.98 Å². The predicted octanol–water partition coefficient (Wildman–Crippen LogP) is 9.15. The summed E-state index contributed by atoms with van der Waals surface area (Å²) in [6.45, 7) is 4.40. The molecule has 5 aromatic carbocycles.